The third-order valence-electron chi connectivity index (χ3n) is 2.33. The van der Waals surface area contributed by atoms with Gasteiger partial charge in [0.2, 0.25) is 0 Å². The molecule has 2 rings (SSSR count). The number of piperidine rings is 1. The van der Waals surface area contributed by atoms with Crippen LogP contribution in [0.4, 0.5) is 0 Å². The first kappa shape index (κ1) is 9.05. The Morgan fingerprint density at radius 1 is 1.69 bits per heavy atom. The molecule has 1 aromatic rings. The van der Waals surface area contributed by atoms with Crippen molar-refractivity contribution in [2.75, 3.05) is 13.1 Å². The molecule has 0 radical (unpaired) electrons. The molecule has 2 N–H and O–H groups in total. The number of nitrogens with zero attached hydrogens (tertiary/aromatic N) is 3. The Kier molecular flexibility index (Phi) is 2.87. The van der Waals surface area contributed by atoms with Crippen molar-refractivity contribution in [3.8, 4) is 0 Å². The Morgan fingerprint density at radius 2 is 2.62 bits per heavy atom. The summed E-state index contributed by atoms with van der Waals surface area (Å²) in [7, 11) is 0. The molecule has 72 valence electrons. The van der Waals surface area contributed by atoms with Crippen LogP contribution in [0.3, 0.4) is 0 Å². The van der Waals surface area contributed by atoms with Crippen LogP contribution in [0.25, 0.3) is 0 Å². The fourth-order valence-electron chi connectivity index (χ4n) is 1.72. The summed E-state index contributed by atoms with van der Waals surface area (Å²) in [6.45, 7) is 3.05. The van der Waals surface area contributed by atoms with E-state index in [2.05, 4.69) is 13.6 Å². The fraction of sp³-hybridized carbons (Fsp3) is 0.750. The van der Waals surface area contributed by atoms with E-state index in [4.69, 9.17) is 5.73 Å². The van der Waals surface area contributed by atoms with Gasteiger partial charge in [0.05, 0.1) is 23.6 Å². The number of rotatable bonds is 2. The molecule has 13 heavy (non-hydrogen) atoms. The summed E-state index contributed by atoms with van der Waals surface area (Å²) < 4.78 is 8.16. The molecule has 0 saturated carbocycles. The average Bonchev–Trinajstić information content (AvgIpc) is 2.57. The molecule has 1 aromatic heterocycles. The molecule has 1 saturated heterocycles. The predicted octanol–water partition coefficient (Wildman–Crippen LogP) is 0.461. The zero-order valence-corrected chi connectivity index (χ0v) is 8.33. The van der Waals surface area contributed by atoms with E-state index < -0.39 is 0 Å². The molecule has 0 aliphatic carbocycles. The lowest BCUT2D eigenvalue weighted by molar-refractivity contribution is 0.200. The molecule has 4 nitrogen and oxygen atoms in total. The number of likely N-dealkylation sites (tertiary alicyclic amines) is 1. The second-order valence-electron chi connectivity index (χ2n) is 3.54. The van der Waals surface area contributed by atoms with Gasteiger partial charge in [-0.1, -0.05) is 0 Å². The van der Waals surface area contributed by atoms with Crippen LogP contribution in [0.1, 0.15) is 18.5 Å². The molecular weight excluding hydrogens is 184 g/mol. The maximum Gasteiger partial charge on any atom is 0.0883 e. The highest BCUT2D eigenvalue weighted by atomic mass is 32.1. The molecule has 1 atom stereocenters. The van der Waals surface area contributed by atoms with E-state index >= 15 is 0 Å². The van der Waals surface area contributed by atoms with Crippen molar-refractivity contribution in [1.82, 2.24) is 13.6 Å². The van der Waals surface area contributed by atoms with Gasteiger partial charge in [0.25, 0.3) is 0 Å². The zero-order valence-electron chi connectivity index (χ0n) is 7.52. The molecule has 0 aromatic carbocycles. The quantitative estimate of drug-likeness (QED) is 0.750. The maximum absolute atomic E-state index is 5.88. The van der Waals surface area contributed by atoms with Gasteiger partial charge >= 0.3 is 0 Å². The third kappa shape index (κ3) is 2.46. The second-order valence-corrected chi connectivity index (χ2v) is 4.09. The van der Waals surface area contributed by atoms with Gasteiger partial charge in [0.1, 0.15) is 0 Å². The summed E-state index contributed by atoms with van der Waals surface area (Å²) in [6.07, 6.45) is 4.20. The van der Waals surface area contributed by atoms with Gasteiger partial charge in [0, 0.05) is 19.1 Å². The minimum Gasteiger partial charge on any atom is -0.327 e. The van der Waals surface area contributed by atoms with Crippen molar-refractivity contribution in [2.45, 2.75) is 25.4 Å². The summed E-state index contributed by atoms with van der Waals surface area (Å²) in [5.41, 5.74) is 6.95. The van der Waals surface area contributed by atoms with E-state index in [9.17, 15) is 0 Å². The third-order valence-corrected chi connectivity index (χ3v) is 2.85. The first-order valence-electron chi connectivity index (χ1n) is 4.59. The minimum atomic E-state index is 0.348. The van der Waals surface area contributed by atoms with E-state index in [-0.39, 0.29) is 0 Å². The number of hydrogen-bond donors (Lipinski definition) is 1. The van der Waals surface area contributed by atoms with Crippen LogP contribution < -0.4 is 5.73 Å². The Balaban J connectivity index is 1.87. The van der Waals surface area contributed by atoms with Crippen LogP contribution >= 0.6 is 11.7 Å². The van der Waals surface area contributed by atoms with Crippen LogP contribution in [-0.2, 0) is 6.54 Å². The fourth-order valence-corrected chi connectivity index (χ4v) is 2.14. The highest BCUT2D eigenvalue weighted by Gasteiger charge is 2.16. The largest absolute Gasteiger partial charge is 0.327 e. The van der Waals surface area contributed by atoms with Crippen LogP contribution in [0.15, 0.2) is 6.20 Å². The lowest BCUT2D eigenvalue weighted by Gasteiger charge is -2.29. The van der Waals surface area contributed by atoms with Gasteiger partial charge < -0.3 is 5.73 Å². The van der Waals surface area contributed by atoms with Crippen molar-refractivity contribution in [3.63, 3.8) is 0 Å². The van der Waals surface area contributed by atoms with E-state index in [0.717, 1.165) is 31.7 Å². The SMILES string of the molecule is NC1CCCN(Cc2cnsn2)C1. The summed E-state index contributed by atoms with van der Waals surface area (Å²) in [4.78, 5) is 2.35. The Morgan fingerprint density at radius 3 is 3.31 bits per heavy atom. The van der Waals surface area contributed by atoms with Crippen molar-refractivity contribution in [3.05, 3.63) is 11.9 Å². The van der Waals surface area contributed by atoms with Crippen LogP contribution in [0.2, 0.25) is 0 Å². The first-order chi connectivity index (χ1) is 6.34. The summed E-state index contributed by atoms with van der Waals surface area (Å²) in [5, 5.41) is 0. The predicted molar refractivity (Wildman–Crippen MR) is 52.4 cm³/mol. The van der Waals surface area contributed by atoms with Crippen molar-refractivity contribution < 1.29 is 0 Å². The van der Waals surface area contributed by atoms with E-state index in [1.807, 2.05) is 6.20 Å². The summed E-state index contributed by atoms with van der Waals surface area (Å²) in [5.74, 6) is 0. The lowest BCUT2D eigenvalue weighted by atomic mass is 10.1. The van der Waals surface area contributed by atoms with Crippen molar-refractivity contribution in [2.24, 2.45) is 5.73 Å². The van der Waals surface area contributed by atoms with Crippen LogP contribution in [0, 0.1) is 0 Å². The number of nitrogens with two attached hydrogens (primary N) is 1. The topological polar surface area (TPSA) is 55.0 Å². The van der Waals surface area contributed by atoms with Crippen molar-refractivity contribution in [1.29, 1.82) is 0 Å². The molecule has 1 fully saturated rings. The monoisotopic (exact) mass is 198 g/mol. The van der Waals surface area contributed by atoms with Gasteiger partial charge in [-0.25, -0.2) is 0 Å². The Bertz CT molecular complexity index is 249. The maximum atomic E-state index is 5.88. The highest BCUT2D eigenvalue weighted by Crippen LogP contribution is 2.11. The molecule has 0 spiro atoms. The van der Waals surface area contributed by atoms with Crippen LogP contribution in [0.5, 0.6) is 0 Å². The summed E-state index contributed by atoms with van der Waals surface area (Å²) in [6, 6.07) is 0.348. The normalized spacial score (nSPS) is 24.8. The number of aromatic nitrogens is 2. The van der Waals surface area contributed by atoms with Gasteiger partial charge in [-0.15, -0.1) is 0 Å². The van der Waals surface area contributed by atoms with Gasteiger partial charge in [0.15, 0.2) is 0 Å². The highest BCUT2D eigenvalue weighted by molar-refractivity contribution is 6.99. The van der Waals surface area contributed by atoms with E-state index in [0.29, 0.717) is 6.04 Å². The zero-order chi connectivity index (χ0) is 9.10. The van der Waals surface area contributed by atoms with Crippen LogP contribution in [-0.4, -0.2) is 32.8 Å². The molecule has 0 bridgehead atoms. The second kappa shape index (κ2) is 4.13. The molecule has 1 aliphatic heterocycles. The Labute approximate surface area is 82.1 Å². The Hall–Kier alpha value is -0.520. The molecule has 1 unspecified atom stereocenters. The number of hydrogen-bond acceptors (Lipinski definition) is 5. The molecule has 0 amide bonds. The van der Waals surface area contributed by atoms with E-state index in [1.165, 1.54) is 18.1 Å². The van der Waals surface area contributed by atoms with Gasteiger partial charge in [-0.3, -0.25) is 4.90 Å². The van der Waals surface area contributed by atoms with Gasteiger partial charge in [-0.05, 0) is 19.4 Å². The molecule has 2 heterocycles. The molecule has 1 aliphatic rings. The van der Waals surface area contributed by atoms with Gasteiger partial charge in [-0.2, -0.15) is 8.75 Å². The minimum absolute atomic E-state index is 0.348. The lowest BCUT2D eigenvalue weighted by Crippen LogP contribution is -2.42. The standard InChI is InChI=1S/C8H14N4S/c9-7-2-1-3-12(5-7)6-8-4-10-13-11-8/h4,7H,1-3,5-6,9H2. The molecule has 5 heteroatoms. The molecular formula is C8H14N4S. The average molecular weight is 198 g/mol. The van der Waals surface area contributed by atoms with Crippen molar-refractivity contribution >= 4 is 11.7 Å². The first-order valence-corrected chi connectivity index (χ1v) is 5.32. The summed E-state index contributed by atoms with van der Waals surface area (Å²) >= 11 is 1.27. The smallest absolute Gasteiger partial charge is 0.0883 e. The van der Waals surface area contributed by atoms with E-state index in [1.54, 1.807) is 0 Å².